The van der Waals surface area contributed by atoms with E-state index in [1.807, 2.05) is 6.21 Å². The predicted octanol–water partition coefficient (Wildman–Crippen LogP) is 3.13. The molecule has 1 aliphatic carbocycles. The van der Waals surface area contributed by atoms with Gasteiger partial charge in [0.1, 0.15) is 10.6 Å². The van der Waals surface area contributed by atoms with E-state index in [0.29, 0.717) is 16.6 Å². The summed E-state index contributed by atoms with van der Waals surface area (Å²) in [7, 11) is 0. The second kappa shape index (κ2) is 5.95. The van der Waals surface area contributed by atoms with Crippen LogP contribution in [0.5, 0.6) is 0 Å². The maximum atomic E-state index is 11.0. The number of aryl methyl sites for hydroxylation is 1. The van der Waals surface area contributed by atoms with Crippen LogP contribution in [0, 0.1) is 12.8 Å². The minimum absolute atomic E-state index is 0.223. The number of hydrogen-bond acceptors (Lipinski definition) is 5. The zero-order valence-corrected chi connectivity index (χ0v) is 11.2. The number of nitrogens with one attached hydrogen (secondary N) is 1. The Morgan fingerprint density at radius 3 is 2.89 bits per heavy atom. The molecule has 0 saturated heterocycles. The van der Waals surface area contributed by atoms with E-state index in [-0.39, 0.29) is 5.56 Å². The van der Waals surface area contributed by atoms with Crippen molar-refractivity contribution in [3.8, 4) is 0 Å². The van der Waals surface area contributed by atoms with E-state index in [1.54, 1.807) is 6.92 Å². The number of rotatable bonds is 4. The Bertz CT molecular complexity index is 450. The van der Waals surface area contributed by atoms with Crippen molar-refractivity contribution in [2.45, 2.75) is 39.0 Å². The lowest BCUT2D eigenvalue weighted by Crippen LogP contribution is -2.08. The minimum atomic E-state index is -0.961. The molecular weight excluding hydrogens is 250 g/mol. The van der Waals surface area contributed by atoms with E-state index in [1.165, 1.54) is 32.1 Å². The van der Waals surface area contributed by atoms with Crippen molar-refractivity contribution in [3.05, 3.63) is 11.3 Å². The van der Waals surface area contributed by atoms with Crippen LogP contribution in [0.25, 0.3) is 0 Å². The van der Waals surface area contributed by atoms with E-state index < -0.39 is 5.97 Å². The Hall–Kier alpha value is -1.43. The fourth-order valence-electron chi connectivity index (χ4n) is 2.18. The maximum Gasteiger partial charge on any atom is 0.340 e. The molecule has 1 aliphatic rings. The van der Waals surface area contributed by atoms with Gasteiger partial charge in [-0.05, 0) is 37.2 Å². The molecule has 5 nitrogen and oxygen atoms in total. The number of aromatic nitrogens is 1. The Morgan fingerprint density at radius 1 is 1.50 bits per heavy atom. The number of anilines is 1. The van der Waals surface area contributed by atoms with Gasteiger partial charge in [-0.1, -0.05) is 19.3 Å². The number of nitrogens with zero attached hydrogens (tertiary/aromatic N) is 2. The Labute approximate surface area is 110 Å². The van der Waals surface area contributed by atoms with Crippen molar-refractivity contribution in [2.24, 2.45) is 11.0 Å². The number of carbonyl (C=O) groups is 1. The van der Waals surface area contributed by atoms with Crippen LogP contribution in [0.1, 0.15) is 48.2 Å². The van der Waals surface area contributed by atoms with Crippen molar-refractivity contribution >= 4 is 28.7 Å². The van der Waals surface area contributed by atoms with Gasteiger partial charge < -0.3 is 5.11 Å². The first-order valence-electron chi connectivity index (χ1n) is 6.17. The normalized spacial score (nSPS) is 17.2. The number of hydrazone groups is 1. The molecule has 0 radical (unpaired) electrons. The first-order chi connectivity index (χ1) is 8.68. The van der Waals surface area contributed by atoms with Crippen LogP contribution in [0.3, 0.4) is 0 Å². The van der Waals surface area contributed by atoms with E-state index in [9.17, 15) is 4.79 Å². The van der Waals surface area contributed by atoms with Gasteiger partial charge >= 0.3 is 5.97 Å². The van der Waals surface area contributed by atoms with Gasteiger partial charge in [-0.3, -0.25) is 5.43 Å². The van der Waals surface area contributed by atoms with Crippen molar-refractivity contribution in [1.82, 2.24) is 4.37 Å². The highest BCUT2D eigenvalue weighted by Gasteiger charge is 2.17. The highest BCUT2D eigenvalue weighted by Crippen LogP contribution is 2.25. The SMILES string of the molecule is Cc1nsc(NN=CC2CCCCC2)c1C(=O)O. The maximum absolute atomic E-state index is 11.0. The largest absolute Gasteiger partial charge is 0.478 e. The molecule has 1 fully saturated rings. The number of aromatic carboxylic acids is 1. The fraction of sp³-hybridized carbons (Fsp3) is 0.583. The number of carboxylic acid groups (broad SMARTS) is 1. The molecule has 2 N–H and O–H groups in total. The third-order valence-electron chi connectivity index (χ3n) is 3.18. The van der Waals surface area contributed by atoms with Crippen LogP contribution >= 0.6 is 11.5 Å². The van der Waals surface area contributed by atoms with Crippen LogP contribution in [0.2, 0.25) is 0 Å². The zero-order chi connectivity index (χ0) is 13.0. The molecule has 1 aromatic rings. The highest BCUT2D eigenvalue weighted by molar-refractivity contribution is 7.10. The molecule has 0 unspecified atom stereocenters. The van der Waals surface area contributed by atoms with Gasteiger partial charge in [-0.2, -0.15) is 9.47 Å². The molecular formula is C12H17N3O2S. The minimum Gasteiger partial charge on any atom is -0.478 e. The first-order valence-corrected chi connectivity index (χ1v) is 6.94. The fourth-order valence-corrected chi connectivity index (χ4v) is 2.92. The summed E-state index contributed by atoms with van der Waals surface area (Å²) in [6, 6.07) is 0. The molecule has 0 spiro atoms. The van der Waals surface area contributed by atoms with E-state index in [4.69, 9.17) is 5.11 Å². The van der Waals surface area contributed by atoms with Gasteiger partial charge in [0.15, 0.2) is 0 Å². The monoisotopic (exact) mass is 267 g/mol. The third kappa shape index (κ3) is 3.07. The van der Waals surface area contributed by atoms with Crippen molar-refractivity contribution < 1.29 is 9.90 Å². The highest BCUT2D eigenvalue weighted by atomic mass is 32.1. The van der Waals surface area contributed by atoms with E-state index in [2.05, 4.69) is 14.9 Å². The van der Waals surface area contributed by atoms with Gasteiger partial charge in [0, 0.05) is 6.21 Å². The number of hydrogen-bond donors (Lipinski definition) is 2. The molecule has 1 aromatic heterocycles. The molecule has 2 rings (SSSR count). The van der Waals surface area contributed by atoms with Crippen LogP contribution in [-0.4, -0.2) is 21.7 Å². The summed E-state index contributed by atoms with van der Waals surface area (Å²) in [4.78, 5) is 11.0. The molecule has 1 heterocycles. The molecule has 0 atom stereocenters. The lowest BCUT2D eigenvalue weighted by molar-refractivity contribution is 0.0697. The Morgan fingerprint density at radius 2 is 2.22 bits per heavy atom. The first kappa shape index (κ1) is 13.0. The molecule has 0 aromatic carbocycles. The lowest BCUT2D eigenvalue weighted by atomic mass is 9.90. The van der Waals surface area contributed by atoms with Crippen LogP contribution in [-0.2, 0) is 0 Å². The average molecular weight is 267 g/mol. The van der Waals surface area contributed by atoms with E-state index in [0.717, 1.165) is 11.5 Å². The predicted molar refractivity (Wildman–Crippen MR) is 72.5 cm³/mol. The lowest BCUT2D eigenvalue weighted by Gasteiger charge is -2.16. The summed E-state index contributed by atoms with van der Waals surface area (Å²) >= 11 is 1.14. The molecule has 0 bridgehead atoms. The number of carboxylic acids is 1. The summed E-state index contributed by atoms with van der Waals surface area (Å²) in [5.74, 6) is -0.440. The molecule has 98 valence electrons. The summed E-state index contributed by atoms with van der Waals surface area (Å²) in [6.45, 7) is 1.69. The van der Waals surface area contributed by atoms with Gasteiger partial charge in [0.05, 0.1) is 5.69 Å². The van der Waals surface area contributed by atoms with Gasteiger partial charge in [-0.25, -0.2) is 4.79 Å². The van der Waals surface area contributed by atoms with Crippen molar-refractivity contribution in [2.75, 3.05) is 5.43 Å². The summed E-state index contributed by atoms with van der Waals surface area (Å²) in [5, 5.41) is 13.7. The van der Waals surface area contributed by atoms with Crippen LogP contribution < -0.4 is 5.43 Å². The van der Waals surface area contributed by atoms with Crippen LogP contribution in [0.15, 0.2) is 5.10 Å². The average Bonchev–Trinajstić information content (AvgIpc) is 2.72. The molecule has 0 aliphatic heterocycles. The summed E-state index contributed by atoms with van der Waals surface area (Å²) < 4.78 is 4.03. The second-order valence-corrected chi connectivity index (χ2v) is 5.34. The van der Waals surface area contributed by atoms with Gasteiger partial charge in [-0.15, -0.1) is 0 Å². The standard InChI is InChI=1S/C12H17N3O2S/c1-8-10(12(16)17)11(18-15-8)14-13-7-9-5-3-2-4-6-9/h7,9,14H,2-6H2,1H3,(H,16,17). The topological polar surface area (TPSA) is 74.6 Å². The molecule has 0 amide bonds. The summed E-state index contributed by atoms with van der Waals surface area (Å²) in [5.41, 5.74) is 3.56. The van der Waals surface area contributed by atoms with Crippen molar-refractivity contribution in [3.63, 3.8) is 0 Å². The Balaban J connectivity index is 1.97. The Kier molecular flexibility index (Phi) is 4.30. The van der Waals surface area contributed by atoms with E-state index >= 15 is 0 Å². The zero-order valence-electron chi connectivity index (χ0n) is 10.3. The van der Waals surface area contributed by atoms with Crippen molar-refractivity contribution in [1.29, 1.82) is 0 Å². The quantitative estimate of drug-likeness (QED) is 0.649. The summed E-state index contributed by atoms with van der Waals surface area (Å²) in [6.07, 6.45) is 8.10. The van der Waals surface area contributed by atoms with Gasteiger partial charge in [0.25, 0.3) is 0 Å². The van der Waals surface area contributed by atoms with Crippen LogP contribution in [0.4, 0.5) is 5.00 Å². The third-order valence-corrected chi connectivity index (χ3v) is 4.02. The molecule has 1 saturated carbocycles. The molecule has 18 heavy (non-hydrogen) atoms. The molecule has 6 heteroatoms. The smallest absolute Gasteiger partial charge is 0.340 e. The second-order valence-electron chi connectivity index (χ2n) is 4.57. The van der Waals surface area contributed by atoms with Gasteiger partial charge in [0.2, 0.25) is 0 Å².